The Labute approximate surface area is 163 Å². The van der Waals surface area contributed by atoms with Gasteiger partial charge in [-0.3, -0.25) is 4.79 Å². The van der Waals surface area contributed by atoms with Crippen molar-refractivity contribution in [3.05, 3.63) is 53.1 Å². The Hall–Kier alpha value is -3.13. The van der Waals surface area contributed by atoms with Gasteiger partial charge >= 0.3 is 0 Å². The third-order valence-electron chi connectivity index (χ3n) is 4.75. The van der Waals surface area contributed by atoms with Crippen molar-refractivity contribution >= 4 is 23.2 Å². The van der Waals surface area contributed by atoms with Crippen molar-refractivity contribution in [3.8, 4) is 22.9 Å². The minimum atomic E-state index is -0.456. The molecule has 9 heteroatoms. The van der Waals surface area contributed by atoms with Crippen LogP contribution in [0.5, 0.6) is 11.5 Å². The van der Waals surface area contributed by atoms with Gasteiger partial charge in [0.2, 0.25) is 24.4 Å². The van der Waals surface area contributed by atoms with Crippen molar-refractivity contribution in [2.45, 2.75) is 12.3 Å². The van der Waals surface area contributed by atoms with E-state index in [-0.39, 0.29) is 30.1 Å². The number of carbonyl (C=O) groups excluding carboxylic acids is 1. The third-order valence-corrected chi connectivity index (χ3v) is 5.05. The Morgan fingerprint density at radius 2 is 2.00 bits per heavy atom. The lowest BCUT2D eigenvalue weighted by Crippen LogP contribution is -2.24. The smallest absolute Gasteiger partial charge is 0.232 e. The van der Waals surface area contributed by atoms with Crippen LogP contribution in [0.2, 0.25) is 5.02 Å². The van der Waals surface area contributed by atoms with Crippen molar-refractivity contribution in [2.75, 3.05) is 18.2 Å². The highest BCUT2D eigenvalue weighted by atomic mass is 35.5. The van der Waals surface area contributed by atoms with Crippen molar-refractivity contribution in [3.63, 3.8) is 0 Å². The van der Waals surface area contributed by atoms with E-state index in [1.54, 1.807) is 12.1 Å². The van der Waals surface area contributed by atoms with E-state index in [1.807, 2.05) is 6.07 Å². The zero-order valence-electron chi connectivity index (χ0n) is 14.4. The number of aromatic nitrogens is 2. The van der Waals surface area contributed by atoms with Crippen LogP contribution in [0.15, 0.2) is 40.9 Å². The standard InChI is InChI=1S/C19H13ClFN3O4/c20-13-7-12(21)2-3-14(13)24-8-11(6-17(24)25)19-22-18(23-28-19)10-1-4-15-16(5-10)27-9-26-15/h1-5,7,11H,6,8-9H2. The van der Waals surface area contributed by atoms with Crippen molar-refractivity contribution in [2.24, 2.45) is 0 Å². The molecule has 0 aliphatic carbocycles. The maximum absolute atomic E-state index is 13.3. The molecule has 2 aliphatic rings. The summed E-state index contributed by atoms with van der Waals surface area (Å²) in [6.45, 7) is 0.509. The first-order chi connectivity index (χ1) is 13.6. The predicted octanol–water partition coefficient (Wildman–Crippen LogP) is 3.78. The van der Waals surface area contributed by atoms with Gasteiger partial charge in [-0.15, -0.1) is 0 Å². The molecule has 3 heterocycles. The normalized spacial score (nSPS) is 18.1. The van der Waals surface area contributed by atoms with Gasteiger partial charge in [0.15, 0.2) is 11.5 Å². The molecule has 5 rings (SSSR count). The summed E-state index contributed by atoms with van der Waals surface area (Å²) in [4.78, 5) is 18.4. The Balaban J connectivity index is 1.38. The Morgan fingerprint density at radius 1 is 1.14 bits per heavy atom. The van der Waals surface area contributed by atoms with Gasteiger partial charge in [-0.1, -0.05) is 16.8 Å². The number of amides is 1. The van der Waals surface area contributed by atoms with Gasteiger partial charge in [-0.05, 0) is 36.4 Å². The van der Waals surface area contributed by atoms with E-state index in [9.17, 15) is 9.18 Å². The van der Waals surface area contributed by atoms with Crippen LogP contribution in [0.1, 0.15) is 18.2 Å². The predicted molar refractivity (Wildman–Crippen MR) is 97.0 cm³/mol. The number of rotatable bonds is 3. The largest absolute Gasteiger partial charge is 0.454 e. The molecule has 1 saturated heterocycles. The van der Waals surface area contributed by atoms with Crippen molar-refractivity contribution < 1.29 is 23.2 Å². The molecule has 3 aromatic rings. The topological polar surface area (TPSA) is 77.7 Å². The number of anilines is 1. The molecule has 0 saturated carbocycles. The van der Waals surface area contributed by atoms with Crippen LogP contribution in [-0.4, -0.2) is 29.4 Å². The quantitative estimate of drug-likeness (QED) is 0.664. The highest BCUT2D eigenvalue weighted by Gasteiger charge is 2.36. The van der Waals surface area contributed by atoms with E-state index in [2.05, 4.69) is 10.1 Å². The molecule has 1 aromatic heterocycles. The summed E-state index contributed by atoms with van der Waals surface area (Å²) in [6.07, 6.45) is 0.205. The van der Waals surface area contributed by atoms with Crippen LogP contribution < -0.4 is 14.4 Å². The summed E-state index contributed by atoms with van der Waals surface area (Å²) in [7, 11) is 0. The zero-order valence-corrected chi connectivity index (χ0v) is 15.1. The van der Waals surface area contributed by atoms with Gasteiger partial charge in [0.1, 0.15) is 5.82 Å². The number of hydrogen-bond acceptors (Lipinski definition) is 6. The minimum absolute atomic E-state index is 0.138. The average Bonchev–Trinajstić information content (AvgIpc) is 3.40. The minimum Gasteiger partial charge on any atom is -0.454 e. The summed E-state index contributed by atoms with van der Waals surface area (Å²) >= 11 is 6.09. The molecule has 1 unspecified atom stereocenters. The molecule has 142 valence electrons. The van der Waals surface area contributed by atoms with E-state index in [0.29, 0.717) is 35.4 Å². The zero-order chi connectivity index (χ0) is 19.3. The SMILES string of the molecule is O=C1CC(c2nc(-c3ccc4c(c3)OCO4)no2)CN1c1ccc(F)cc1Cl. The molecule has 28 heavy (non-hydrogen) atoms. The fourth-order valence-corrected chi connectivity index (χ4v) is 3.63. The van der Waals surface area contributed by atoms with Crippen LogP contribution in [-0.2, 0) is 4.79 Å². The molecule has 0 bridgehead atoms. The molecule has 7 nitrogen and oxygen atoms in total. The van der Waals surface area contributed by atoms with Crippen LogP contribution in [0.25, 0.3) is 11.4 Å². The van der Waals surface area contributed by atoms with Gasteiger partial charge in [0.25, 0.3) is 0 Å². The van der Waals surface area contributed by atoms with Gasteiger partial charge in [-0.25, -0.2) is 4.39 Å². The monoisotopic (exact) mass is 401 g/mol. The maximum Gasteiger partial charge on any atom is 0.232 e. The maximum atomic E-state index is 13.3. The lowest BCUT2D eigenvalue weighted by atomic mass is 10.1. The molecule has 1 fully saturated rings. The summed E-state index contributed by atoms with van der Waals surface area (Å²) in [5.41, 5.74) is 1.19. The number of nitrogens with zero attached hydrogens (tertiary/aromatic N) is 3. The number of carbonyl (C=O) groups is 1. The van der Waals surface area contributed by atoms with Crippen LogP contribution >= 0.6 is 11.6 Å². The lowest BCUT2D eigenvalue weighted by molar-refractivity contribution is -0.117. The van der Waals surface area contributed by atoms with E-state index in [1.165, 1.54) is 23.1 Å². The first kappa shape index (κ1) is 17.0. The summed E-state index contributed by atoms with van der Waals surface area (Å²) in [5.74, 6) is 1.19. The number of fused-ring (bicyclic) bond motifs is 1. The molecule has 0 spiro atoms. The first-order valence-electron chi connectivity index (χ1n) is 8.57. The molecule has 2 aliphatic heterocycles. The number of hydrogen-bond donors (Lipinski definition) is 0. The average molecular weight is 402 g/mol. The van der Waals surface area contributed by atoms with Crippen LogP contribution in [0, 0.1) is 5.82 Å². The molecule has 0 N–H and O–H groups in total. The van der Waals surface area contributed by atoms with Gasteiger partial charge in [0.05, 0.1) is 16.6 Å². The lowest BCUT2D eigenvalue weighted by Gasteiger charge is -2.17. The molecule has 1 atom stereocenters. The Bertz CT molecular complexity index is 1090. The molecule has 1 amide bonds. The second-order valence-electron chi connectivity index (χ2n) is 6.53. The summed E-state index contributed by atoms with van der Waals surface area (Å²) < 4.78 is 29.3. The second kappa shape index (κ2) is 6.49. The van der Waals surface area contributed by atoms with Crippen molar-refractivity contribution in [1.29, 1.82) is 0 Å². The van der Waals surface area contributed by atoms with Gasteiger partial charge in [0, 0.05) is 18.5 Å². The van der Waals surface area contributed by atoms with Gasteiger partial charge < -0.3 is 18.9 Å². The summed E-state index contributed by atoms with van der Waals surface area (Å²) in [5, 5.41) is 4.20. The summed E-state index contributed by atoms with van der Waals surface area (Å²) in [6, 6.07) is 9.32. The first-order valence-corrected chi connectivity index (χ1v) is 8.95. The Kier molecular flexibility index (Phi) is 3.94. The fourth-order valence-electron chi connectivity index (χ4n) is 3.36. The van der Waals surface area contributed by atoms with Crippen LogP contribution in [0.3, 0.4) is 0 Å². The van der Waals surface area contributed by atoms with Gasteiger partial charge in [-0.2, -0.15) is 4.98 Å². The molecule has 2 aromatic carbocycles. The highest BCUT2D eigenvalue weighted by Crippen LogP contribution is 2.37. The molecule has 0 radical (unpaired) electrons. The van der Waals surface area contributed by atoms with E-state index < -0.39 is 5.82 Å². The third kappa shape index (κ3) is 2.86. The molecular weight excluding hydrogens is 389 g/mol. The van der Waals surface area contributed by atoms with E-state index in [4.69, 9.17) is 25.6 Å². The van der Waals surface area contributed by atoms with Crippen molar-refractivity contribution in [1.82, 2.24) is 10.1 Å². The fraction of sp³-hybridized carbons (Fsp3) is 0.211. The number of halogens is 2. The number of ether oxygens (including phenoxy) is 2. The Morgan fingerprint density at radius 3 is 2.86 bits per heavy atom. The van der Waals surface area contributed by atoms with Crippen LogP contribution in [0.4, 0.5) is 10.1 Å². The van der Waals surface area contributed by atoms with E-state index >= 15 is 0 Å². The second-order valence-corrected chi connectivity index (χ2v) is 6.93. The number of benzene rings is 2. The van der Waals surface area contributed by atoms with E-state index in [0.717, 1.165) is 5.56 Å². The molecular formula is C19H13ClFN3O4. The highest BCUT2D eigenvalue weighted by molar-refractivity contribution is 6.33.